The zero-order valence-electron chi connectivity index (χ0n) is 34.5. The van der Waals surface area contributed by atoms with Gasteiger partial charge in [0, 0.05) is 23.9 Å². The lowest BCUT2D eigenvalue weighted by Crippen LogP contribution is -2.65. The maximum Gasteiger partial charge on any atom is 0.412 e. The van der Waals surface area contributed by atoms with Crippen LogP contribution in [0.25, 0.3) is 0 Å². The van der Waals surface area contributed by atoms with E-state index in [4.69, 9.17) is 13.9 Å². The zero-order valence-corrected chi connectivity index (χ0v) is 35.5. The fourth-order valence-electron chi connectivity index (χ4n) is 7.90. The molecule has 6 atom stereocenters. The number of phenolic OH excluding ortho intramolecular Hbond substituents is 1. The number of ether oxygens (including phenoxy) is 2. The molecule has 2 aliphatic heterocycles. The topological polar surface area (TPSA) is 114 Å². The molecule has 10 heteroatoms. The molecule has 2 amide bonds. The second kappa shape index (κ2) is 17.0. The summed E-state index contributed by atoms with van der Waals surface area (Å²) in [6.45, 7) is 29.4. The number of hydrogen-bond acceptors (Lipinski definition) is 7. The molecule has 2 heterocycles. The van der Waals surface area contributed by atoms with Gasteiger partial charge in [-0.15, -0.1) is 0 Å². The third-order valence-corrected chi connectivity index (χ3v) is 16.5. The molecule has 1 aromatic rings. The highest BCUT2D eigenvalue weighted by Crippen LogP contribution is 2.50. The predicted molar refractivity (Wildman–Crippen MR) is 213 cm³/mol. The fraction of sp³-hybridized carbons (Fsp3) is 0.651. The minimum absolute atomic E-state index is 0.00901. The van der Waals surface area contributed by atoms with Gasteiger partial charge in [0.25, 0.3) is 0 Å². The fourth-order valence-corrected chi connectivity index (χ4v) is 9.33. The molecule has 2 N–H and O–H groups in total. The summed E-state index contributed by atoms with van der Waals surface area (Å²) >= 11 is 0. The van der Waals surface area contributed by atoms with Gasteiger partial charge in [-0.25, -0.2) is 9.59 Å². The second-order valence-corrected chi connectivity index (χ2v) is 22.5. The first-order chi connectivity index (χ1) is 24.7. The Morgan fingerprint density at radius 1 is 1.15 bits per heavy atom. The molecule has 294 valence electrons. The minimum Gasteiger partial charge on any atom is -0.507 e. The van der Waals surface area contributed by atoms with Gasteiger partial charge in [-0.05, 0) is 99.7 Å². The molecular formula is C43H66N2O7Si. The first-order valence-corrected chi connectivity index (χ1v) is 22.7. The van der Waals surface area contributed by atoms with Crippen LogP contribution in [0.1, 0.15) is 118 Å². The molecule has 4 rings (SSSR count). The third kappa shape index (κ3) is 9.30. The zero-order chi connectivity index (χ0) is 39.6. The van der Waals surface area contributed by atoms with E-state index in [1.54, 1.807) is 11.0 Å². The van der Waals surface area contributed by atoms with Gasteiger partial charge < -0.3 is 29.2 Å². The van der Waals surface area contributed by atoms with E-state index in [-0.39, 0.29) is 71.4 Å². The molecule has 1 unspecified atom stereocenters. The molecule has 1 aliphatic carbocycles. The smallest absolute Gasteiger partial charge is 0.412 e. The van der Waals surface area contributed by atoms with Crippen LogP contribution in [0.3, 0.4) is 0 Å². The number of aryl methyl sites for hydroxylation is 1. The number of hydrogen-bond donors (Lipinski definition) is 2. The van der Waals surface area contributed by atoms with Gasteiger partial charge in [0.1, 0.15) is 17.2 Å². The van der Waals surface area contributed by atoms with Gasteiger partial charge in [-0.3, -0.25) is 4.79 Å². The molecule has 3 aliphatic rings. The molecule has 1 aromatic carbocycles. The molecule has 0 spiro atoms. The van der Waals surface area contributed by atoms with Crippen molar-refractivity contribution < 1.29 is 33.4 Å². The van der Waals surface area contributed by atoms with Crippen LogP contribution in [0.15, 0.2) is 47.2 Å². The highest BCUT2D eigenvalue weighted by Gasteiger charge is 2.61. The lowest BCUT2D eigenvalue weighted by molar-refractivity contribution is -0.163. The summed E-state index contributed by atoms with van der Waals surface area (Å²) in [5, 5.41) is 14.4. The first-order valence-electron chi connectivity index (χ1n) is 19.7. The van der Waals surface area contributed by atoms with Gasteiger partial charge in [-0.1, -0.05) is 85.1 Å². The number of fused-ring (bicyclic) bond motifs is 1. The van der Waals surface area contributed by atoms with E-state index in [1.165, 1.54) is 5.57 Å². The Hall–Kier alpha value is -3.37. The number of amides is 2. The number of nitrogens with zero attached hydrogens (tertiary/aromatic N) is 1. The number of carbonyl (C=O) groups excluding carboxylic acids is 3. The monoisotopic (exact) mass is 750 g/mol. The van der Waals surface area contributed by atoms with Gasteiger partial charge in [0.2, 0.25) is 5.91 Å². The number of rotatable bonds is 15. The molecule has 0 aromatic heterocycles. The van der Waals surface area contributed by atoms with E-state index < -0.39 is 26.3 Å². The van der Waals surface area contributed by atoms with Crippen LogP contribution in [0, 0.1) is 23.7 Å². The molecule has 0 bridgehead atoms. The normalized spacial score (nSPS) is 23.7. The molecule has 0 saturated carbocycles. The van der Waals surface area contributed by atoms with Crippen LogP contribution in [-0.4, -0.2) is 61.6 Å². The number of aromatic hydroxyl groups is 1. The minimum atomic E-state index is -2.18. The van der Waals surface area contributed by atoms with E-state index in [0.717, 1.165) is 49.7 Å². The van der Waals surface area contributed by atoms with Crippen molar-refractivity contribution in [3.63, 3.8) is 0 Å². The quantitative estimate of drug-likeness (QED) is 0.0604. The van der Waals surface area contributed by atoms with Crippen molar-refractivity contribution in [1.29, 1.82) is 0 Å². The summed E-state index contributed by atoms with van der Waals surface area (Å²) in [5.41, 5.74) is 4.53. The summed E-state index contributed by atoms with van der Waals surface area (Å²) in [6, 6.07) is 3.39. The predicted octanol–water partition coefficient (Wildman–Crippen LogP) is 9.57. The average molecular weight is 751 g/mol. The van der Waals surface area contributed by atoms with Crippen LogP contribution >= 0.6 is 0 Å². The van der Waals surface area contributed by atoms with Crippen LogP contribution in [0.5, 0.6) is 11.5 Å². The van der Waals surface area contributed by atoms with E-state index in [1.807, 2.05) is 40.7 Å². The van der Waals surface area contributed by atoms with Crippen LogP contribution in [0.2, 0.25) is 18.1 Å². The Morgan fingerprint density at radius 2 is 1.83 bits per heavy atom. The largest absolute Gasteiger partial charge is 0.507 e. The van der Waals surface area contributed by atoms with E-state index in [0.29, 0.717) is 16.9 Å². The van der Waals surface area contributed by atoms with Crippen LogP contribution in [-0.2, 0) is 25.2 Å². The van der Waals surface area contributed by atoms with Crippen molar-refractivity contribution in [3.8, 4) is 11.5 Å². The number of esters is 1. The Labute approximate surface area is 319 Å². The van der Waals surface area contributed by atoms with Crippen molar-refractivity contribution in [2.24, 2.45) is 23.7 Å². The highest BCUT2D eigenvalue weighted by molar-refractivity contribution is 6.74. The lowest BCUT2D eigenvalue weighted by atomic mass is 9.73. The third-order valence-electron chi connectivity index (χ3n) is 11.9. The van der Waals surface area contributed by atoms with Crippen molar-refractivity contribution in [2.45, 2.75) is 144 Å². The number of phenols is 1. The van der Waals surface area contributed by atoms with Crippen LogP contribution in [0.4, 0.5) is 4.79 Å². The summed E-state index contributed by atoms with van der Waals surface area (Å²) < 4.78 is 18.5. The van der Waals surface area contributed by atoms with Crippen LogP contribution < -0.4 is 10.1 Å². The Kier molecular flexibility index (Phi) is 13.6. The number of unbranched alkanes of at least 4 members (excludes halogenated alkanes) is 2. The average Bonchev–Trinajstić information content (AvgIpc) is 3.29. The van der Waals surface area contributed by atoms with E-state index in [9.17, 15) is 19.5 Å². The van der Waals surface area contributed by atoms with E-state index >= 15 is 0 Å². The van der Waals surface area contributed by atoms with Gasteiger partial charge in [0.15, 0.2) is 8.32 Å². The van der Waals surface area contributed by atoms with Crippen molar-refractivity contribution in [1.82, 2.24) is 10.2 Å². The summed E-state index contributed by atoms with van der Waals surface area (Å²) in [6.07, 6.45) is 6.77. The molecule has 0 radical (unpaired) electrons. The van der Waals surface area contributed by atoms with Gasteiger partial charge in [0.05, 0.1) is 24.7 Å². The SMILES string of the molecule is C=C(C)[C@@H]1CCC(C)=C[C@H]1c1c(O)cc(CCCCC)cc1OC(=O)NCC1=C(C(=O)OCC(C)C)N2C(=O)[C@H]([C@@H](C)O[Si](C)(C)C(C)(C)C)C2[C@H]1C. The standard InChI is InChI=1S/C43H66N2O7Si/c1-14-15-16-17-30-21-34(46)37(32-20-27(6)18-19-31(32)26(4)5)35(22-30)51-42(49)44-23-33-28(7)38-36(29(8)52-53(12,13)43(9,10)11)40(47)45(38)39(33)41(48)50-24-25(2)3/h20-22,25,28-29,31-32,36,38,46H,4,14-19,23-24H2,1-3,5-13H3,(H,44,49)/t28-,29+,31-,32+,36+,38?/m0/s1. The number of β-lactam (4-membered cyclic amide) rings is 1. The molecule has 53 heavy (non-hydrogen) atoms. The van der Waals surface area contributed by atoms with Crippen molar-refractivity contribution >= 4 is 26.3 Å². The van der Waals surface area contributed by atoms with Gasteiger partial charge >= 0.3 is 12.1 Å². The first kappa shape index (κ1) is 42.4. The lowest BCUT2D eigenvalue weighted by Gasteiger charge is -2.50. The Morgan fingerprint density at radius 3 is 2.43 bits per heavy atom. The number of allylic oxidation sites excluding steroid dienone is 3. The van der Waals surface area contributed by atoms with E-state index in [2.05, 4.69) is 65.7 Å². The summed E-state index contributed by atoms with van der Waals surface area (Å²) in [5.74, 6) is -0.974. The molecule has 9 nitrogen and oxygen atoms in total. The number of carbonyl (C=O) groups is 3. The highest BCUT2D eigenvalue weighted by atomic mass is 28.4. The molecule has 1 fully saturated rings. The number of benzene rings is 1. The molecular weight excluding hydrogens is 685 g/mol. The van der Waals surface area contributed by atoms with Crippen molar-refractivity contribution in [2.75, 3.05) is 13.2 Å². The van der Waals surface area contributed by atoms with Crippen molar-refractivity contribution in [3.05, 3.63) is 58.3 Å². The number of nitrogens with one attached hydrogen (secondary N) is 1. The summed E-state index contributed by atoms with van der Waals surface area (Å²) in [4.78, 5) is 42.8. The maximum atomic E-state index is 13.9. The summed E-state index contributed by atoms with van der Waals surface area (Å²) in [7, 11) is -2.18. The Bertz CT molecular complexity index is 1620. The van der Waals surface area contributed by atoms with Gasteiger partial charge in [-0.2, -0.15) is 0 Å². The molecule has 1 saturated heterocycles. The Balaban J connectivity index is 1.63. The second-order valence-electron chi connectivity index (χ2n) is 17.7. The maximum absolute atomic E-state index is 13.9.